The van der Waals surface area contributed by atoms with Gasteiger partial charge in [0.15, 0.2) is 5.54 Å². The molecule has 2 amide bonds. The Bertz CT molecular complexity index is 1840. The van der Waals surface area contributed by atoms with Crippen molar-refractivity contribution in [2.75, 3.05) is 18.0 Å². The largest absolute Gasteiger partial charge is 0.457 e. The highest BCUT2D eigenvalue weighted by atomic mass is 32.2. The van der Waals surface area contributed by atoms with Crippen molar-refractivity contribution in [3.05, 3.63) is 132 Å². The van der Waals surface area contributed by atoms with Crippen LogP contribution in [0.3, 0.4) is 0 Å². The molecule has 1 fully saturated rings. The first-order chi connectivity index (χ1) is 22.1. The summed E-state index contributed by atoms with van der Waals surface area (Å²) in [5.74, 6) is -2.93. The molecule has 46 heavy (non-hydrogen) atoms. The standard InChI is InChI=1S/C34H31N3O8S/c35-33(41)36(28-17-10-14-26(22-28)31(39)44-24-25-12-4-1-5-13-25)23-30(38)45-32(40)34(27-15-6-2-7-16-27)20-11-21-37(34)46(42,43)29-18-8-3-9-19-29/h1-10,12-19,22H,11,20-21,23-24H2,(H2,35,41). The fourth-order valence-corrected chi connectivity index (χ4v) is 7.22. The number of anilines is 1. The summed E-state index contributed by atoms with van der Waals surface area (Å²) in [4.78, 5) is 53.2. The van der Waals surface area contributed by atoms with Gasteiger partial charge in [-0.3, -0.25) is 4.90 Å². The van der Waals surface area contributed by atoms with Crippen LogP contribution in [-0.2, 0) is 41.2 Å². The molecule has 0 radical (unpaired) electrons. The number of amides is 2. The lowest BCUT2D eigenvalue weighted by molar-refractivity contribution is -0.165. The van der Waals surface area contributed by atoms with E-state index in [1.807, 2.05) is 18.2 Å². The number of ether oxygens (including phenoxy) is 2. The van der Waals surface area contributed by atoms with E-state index in [2.05, 4.69) is 0 Å². The minimum absolute atomic E-state index is 0.00991. The van der Waals surface area contributed by atoms with E-state index in [0.717, 1.165) is 14.8 Å². The zero-order valence-corrected chi connectivity index (χ0v) is 25.5. The van der Waals surface area contributed by atoms with Gasteiger partial charge in [0.1, 0.15) is 13.2 Å². The van der Waals surface area contributed by atoms with E-state index in [4.69, 9.17) is 15.2 Å². The molecule has 1 aliphatic heterocycles. The van der Waals surface area contributed by atoms with E-state index >= 15 is 0 Å². The van der Waals surface area contributed by atoms with Crippen LogP contribution in [0.4, 0.5) is 10.5 Å². The van der Waals surface area contributed by atoms with Gasteiger partial charge < -0.3 is 15.2 Å². The number of benzene rings is 4. The molecule has 0 aromatic heterocycles. The zero-order valence-electron chi connectivity index (χ0n) is 24.7. The van der Waals surface area contributed by atoms with Crippen molar-refractivity contribution in [3.8, 4) is 0 Å². The van der Waals surface area contributed by atoms with E-state index in [-0.39, 0.29) is 35.7 Å². The topological polar surface area (TPSA) is 153 Å². The van der Waals surface area contributed by atoms with E-state index in [0.29, 0.717) is 12.0 Å². The summed E-state index contributed by atoms with van der Waals surface area (Å²) in [7, 11) is -4.20. The molecule has 0 aliphatic carbocycles. The molecule has 11 nitrogen and oxygen atoms in total. The maximum absolute atomic E-state index is 13.9. The summed E-state index contributed by atoms with van der Waals surface area (Å²) >= 11 is 0. The van der Waals surface area contributed by atoms with Crippen LogP contribution in [0.1, 0.15) is 34.3 Å². The minimum Gasteiger partial charge on any atom is -0.457 e. The van der Waals surface area contributed by atoms with Crippen LogP contribution < -0.4 is 10.6 Å². The number of nitrogens with two attached hydrogens (primary N) is 1. The predicted octanol–water partition coefficient (Wildman–Crippen LogP) is 4.38. The number of hydrogen-bond acceptors (Lipinski definition) is 8. The third kappa shape index (κ3) is 6.67. The molecule has 0 spiro atoms. The molecule has 1 unspecified atom stereocenters. The number of primary amides is 1. The molecule has 5 rings (SSSR count). The molecule has 1 atom stereocenters. The van der Waals surface area contributed by atoms with Crippen LogP contribution in [0.2, 0.25) is 0 Å². The second kappa shape index (κ2) is 13.8. The maximum atomic E-state index is 13.9. The monoisotopic (exact) mass is 641 g/mol. The molecule has 1 heterocycles. The van der Waals surface area contributed by atoms with Gasteiger partial charge in [-0.25, -0.2) is 27.6 Å². The first-order valence-electron chi connectivity index (χ1n) is 14.4. The number of carbonyl (C=O) groups excluding carboxylic acids is 4. The molecular weight excluding hydrogens is 610 g/mol. The van der Waals surface area contributed by atoms with Crippen molar-refractivity contribution in [1.29, 1.82) is 0 Å². The Labute approximate surface area is 266 Å². The third-order valence-electron chi connectivity index (χ3n) is 7.61. The normalized spacial score (nSPS) is 16.3. The Morgan fingerprint density at radius 1 is 0.826 bits per heavy atom. The zero-order chi connectivity index (χ0) is 32.7. The Morgan fingerprint density at radius 2 is 1.46 bits per heavy atom. The number of esters is 3. The van der Waals surface area contributed by atoms with Crippen molar-refractivity contribution >= 4 is 39.6 Å². The molecule has 12 heteroatoms. The smallest absolute Gasteiger partial charge is 0.339 e. The van der Waals surface area contributed by atoms with Crippen LogP contribution in [0.25, 0.3) is 0 Å². The SMILES string of the molecule is NC(=O)N(CC(=O)OC(=O)C1(c2ccccc2)CCCN1S(=O)(=O)c1ccccc1)c1cccc(C(=O)OCc2ccccc2)c1. The fourth-order valence-electron chi connectivity index (χ4n) is 5.42. The van der Waals surface area contributed by atoms with Crippen LogP contribution >= 0.6 is 0 Å². The first kappa shape index (κ1) is 32.1. The van der Waals surface area contributed by atoms with Gasteiger partial charge in [0, 0.05) is 12.2 Å². The Hall–Kier alpha value is -5.33. The van der Waals surface area contributed by atoms with Gasteiger partial charge in [-0.2, -0.15) is 4.31 Å². The summed E-state index contributed by atoms with van der Waals surface area (Å²) in [6.45, 7) is -0.756. The average Bonchev–Trinajstić information content (AvgIpc) is 3.55. The molecule has 1 saturated heterocycles. The van der Waals surface area contributed by atoms with E-state index in [9.17, 15) is 27.6 Å². The van der Waals surface area contributed by atoms with E-state index in [1.165, 1.54) is 36.4 Å². The van der Waals surface area contributed by atoms with Gasteiger partial charge in [0.2, 0.25) is 10.0 Å². The second-order valence-electron chi connectivity index (χ2n) is 10.5. The van der Waals surface area contributed by atoms with Gasteiger partial charge in [0.25, 0.3) is 0 Å². The summed E-state index contributed by atoms with van der Waals surface area (Å²) in [6.07, 6.45) is 0.382. The second-order valence-corrected chi connectivity index (χ2v) is 12.4. The number of carbonyl (C=O) groups is 4. The fraction of sp³-hybridized carbons (Fsp3) is 0.176. The van der Waals surface area contributed by atoms with Crippen molar-refractivity contribution in [1.82, 2.24) is 4.31 Å². The van der Waals surface area contributed by atoms with Crippen molar-refractivity contribution in [2.24, 2.45) is 5.73 Å². The molecule has 1 aliphatic rings. The highest BCUT2D eigenvalue weighted by molar-refractivity contribution is 7.89. The molecular formula is C34H31N3O8S. The van der Waals surface area contributed by atoms with Crippen LogP contribution in [0, 0.1) is 0 Å². The third-order valence-corrected chi connectivity index (χ3v) is 9.55. The number of rotatable bonds is 10. The molecule has 4 aromatic rings. The summed E-state index contributed by atoms with van der Waals surface area (Å²) in [6, 6.07) is 29.7. The lowest BCUT2D eigenvalue weighted by Gasteiger charge is -2.35. The molecule has 236 valence electrons. The highest BCUT2D eigenvalue weighted by Crippen LogP contribution is 2.43. The van der Waals surface area contributed by atoms with Gasteiger partial charge >= 0.3 is 23.9 Å². The van der Waals surface area contributed by atoms with E-state index < -0.39 is 46.0 Å². The quantitative estimate of drug-likeness (QED) is 0.198. The summed E-state index contributed by atoms with van der Waals surface area (Å²) in [5.41, 5.74) is 5.03. The minimum atomic E-state index is -4.20. The Morgan fingerprint density at radius 3 is 2.11 bits per heavy atom. The molecule has 0 bridgehead atoms. The van der Waals surface area contributed by atoms with Gasteiger partial charge in [-0.15, -0.1) is 0 Å². The lowest BCUT2D eigenvalue weighted by Crippen LogP contribution is -2.52. The van der Waals surface area contributed by atoms with Crippen molar-refractivity contribution < 1.29 is 37.1 Å². The van der Waals surface area contributed by atoms with Crippen molar-refractivity contribution in [3.63, 3.8) is 0 Å². The Balaban J connectivity index is 1.37. The number of hydrogen-bond donors (Lipinski definition) is 1. The number of sulfonamides is 1. The summed E-state index contributed by atoms with van der Waals surface area (Å²) in [5, 5.41) is 0. The van der Waals surface area contributed by atoms with Gasteiger partial charge in [-0.05, 0) is 54.3 Å². The molecule has 2 N–H and O–H groups in total. The molecule has 0 saturated carbocycles. The van der Waals surface area contributed by atoms with Crippen molar-refractivity contribution in [2.45, 2.75) is 29.9 Å². The number of nitrogens with zero attached hydrogens (tertiary/aromatic N) is 2. The first-order valence-corrected chi connectivity index (χ1v) is 15.8. The molecule has 4 aromatic carbocycles. The summed E-state index contributed by atoms with van der Waals surface area (Å²) < 4.78 is 39.3. The van der Waals surface area contributed by atoms with Gasteiger partial charge in [0.05, 0.1) is 10.5 Å². The average molecular weight is 642 g/mol. The predicted molar refractivity (Wildman–Crippen MR) is 168 cm³/mol. The van der Waals surface area contributed by atoms with Gasteiger partial charge in [-0.1, -0.05) is 84.9 Å². The van der Waals surface area contributed by atoms with E-state index in [1.54, 1.807) is 60.7 Å². The highest BCUT2D eigenvalue weighted by Gasteiger charge is 2.56. The van der Waals surface area contributed by atoms with Crippen LogP contribution in [0.15, 0.2) is 120 Å². The number of urea groups is 1. The lowest BCUT2D eigenvalue weighted by atomic mass is 9.88. The van der Waals surface area contributed by atoms with Crippen LogP contribution in [0.5, 0.6) is 0 Å². The van der Waals surface area contributed by atoms with Crippen LogP contribution in [-0.4, -0.2) is 49.8 Å². The maximum Gasteiger partial charge on any atom is 0.339 e. The Kier molecular flexibility index (Phi) is 9.59.